The van der Waals surface area contributed by atoms with E-state index >= 15 is 0 Å². The van der Waals surface area contributed by atoms with Crippen molar-refractivity contribution in [2.75, 3.05) is 13.2 Å². The quantitative estimate of drug-likeness (QED) is 0.559. The first-order chi connectivity index (χ1) is 8.84. The maximum atomic E-state index is 11.9. The highest BCUT2D eigenvalue weighted by Crippen LogP contribution is 2.11. The van der Waals surface area contributed by atoms with Crippen LogP contribution in [0.4, 0.5) is 0 Å². The lowest BCUT2D eigenvalue weighted by Gasteiger charge is -2.19. The Labute approximate surface area is 112 Å². The zero-order valence-electron chi connectivity index (χ0n) is 11.9. The van der Waals surface area contributed by atoms with Crippen LogP contribution < -0.4 is 5.32 Å². The van der Waals surface area contributed by atoms with Crippen LogP contribution in [0.1, 0.15) is 71.1 Å². The summed E-state index contributed by atoms with van der Waals surface area (Å²) in [6.07, 6.45) is 11.8. The molecule has 3 heteroatoms. The number of hydrogen-bond acceptors (Lipinski definition) is 3. The van der Waals surface area contributed by atoms with Gasteiger partial charge in [0.2, 0.25) is 0 Å². The Balaban J connectivity index is 2.06. The van der Waals surface area contributed by atoms with Crippen LogP contribution in [-0.2, 0) is 9.53 Å². The van der Waals surface area contributed by atoms with Gasteiger partial charge in [-0.3, -0.25) is 4.79 Å². The van der Waals surface area contributed by atoms with Crippen LogP contribution in [0.15, 0.2) is 0 Å². The van der Waals surface area contributed by atoms with E-state index in [1.165, 1.54) is 44.9 Å². The highest BCUT2D eigenvalue weighted by Gasteiger charge is 2.19. The first-order valence-corrected chi connectivity index (χ1v) is 7.74. The summed E-state index contributed by atoms with van der Waals surface area (Å²) in [6, 6.07) is -0.0547. The standard InChI is InChI=1S/C15H29NO2/c1-2-3-4-7-10-13-18-15(17)14-11-8-5-6-9-12-16-14/h14,16H,2-13H2,1H3. The molecule has 0 saturated carbocycles. The molecule has 1 fully saturated rings. The van der Waals surface area contributed by atoms with Crippen LogP contribution in [0.5, 0.6) is 0 Å². The van der Waals surface area contributed by atoms with Crippen molar-refractivity contribution in [3.8, 4) is 0 Å². The van der Waals surface area contributed by atoms with Crippen LogP contribution in [-0.4, -0.2) is 25.2 Å². The fourth-order valence-electron chi connectivity index (χ4n) is 2.39. The summed E-state index contributed by atoms with van der Waals surface area (Å²) in [5.41, 5.74) is 0. The molecule has 0 aromatic heterocycles. The molecule has 1 heterocycles. The number of rotatable bonds is 7. The number of nitrogens with one attached hydrogen (secondary N) is 1. The summed E-state index contributed by atoms with van der Waals surface area (Å²) in [6.45, 7) is 3.76. The molecule has 1 unspecified atom stereocenters. The van der Waals surface area contributed by atoms with Gasteiger partial charge in [0.1, 0.15) is 6.04 Å². The maximum Gasteiger partial charge on any atom is 0.323 e. The number of carbonyl (C=O) groups excluding carboxylic acids is 1. The smallest absolute Gasteiger partial charge is 0.323 e. The van der Waals surface area contributed by atoms with E-state index in [9.17, 15) is 4.79 Å². The fraction of sp³-hybridized carbons (Fsp3) is 0.933. The van der Waals surface area contributed by atoms with Crippen LogP contribution in [0.25, 0.3) is 0 Å². The van der Waals surface area contributed by atoms with E-state index in [1.54, 1.807) is 0 Å². The van der Waals surface area contributed by atoms with Crippen LogP contribution >= 0.6 is 0 Å². The van der Waals surface area contributed by atoms with Gasteiger partial charge in [0.25, 0.3) is 0 Å². The van der Waals surface area contributed by atoms with E-state index < -0.39 is 0 Å². The molecule has 0 bridgehead atoms. The molecule has 0 aliphatic carbocycles. The predicted molar refractivity (Wildman–Crippen MR) is 74.6 cm³/mol. The van der Waals surface area contributed by atoms with Gasteiger partial charge in [0.15, 0.2) is 0 Å². The molecule has 1 rings (SSSR count). The van der Waals surface area contributed by atoms with Crippen molar-refractivity contribution in [3.05, 3.63) is 0 Å². The lowest BCUT2D eigenvalue weighted by Crippen LogP contribution is -2.39. The Morgan fingerprint density at radius 2 is 1.89 bits per heavy atom. The highest BCUT2D eigenvalue weighted by molar-refractivity contribution is 5.75. The van der Waals surface area contributed by atoms with E-state index in [0.717, 1.165) is 25.8 Å². The topological polar surface area (TPSA) is 38.3 Å². The molecule has 0 amide bonds. The molecular weight excluding hydrogens is 226 g/mol. The molecule has 106 valence electrons. The van der Waals surface area contributed by atoms with Gasteiger partial charge in [-0.05, 0) is 25.8 Å². The average molecular weight is 255 g/mol. The second-order valence-electron chi connectivity index (χ2n) is 5.29. The third-order valence-electron chi connectivity index (χ3n) is 3.59. The van der Waals surface area contributed by atoms with Crippen molar-refractivity contribution >= 4 is 5.97 Å². The fourth-order valence-corrected chi connectivity index (χ4v) is 2.39. The monoisotopic (exact) mass is 255 g/mol. The van der Waals surface area contributed by atoms with Gasteiger partial charge in [-0.1, -0.05) is 51.9 Å². The Hall–Kier alpha value is -0.570. The van der Waals surface area contributed by atoms with E-state index in [0.29, 0.717) is 6.61 Å². The Bertz CT molecular complexity index is 211. The van der Waals surface area contributed by atoms with Crippen LogP contribution in [0.2, 0.25) is 0 Å². The Morgan fingerprint density at radius 1 is 1.11 bits per heavy atom. The summed E-state index contributed by atoms with van der Waals surface area (Å²) in [4.78, 5) is 11.9. The summed E-state index contributed by atoms with van der Waals surface area (Å²) in [7, 11) is 0. The molecule has 0 radical (unpaired) electrons. The maximum absolute atomic E-state index is 11.9. The van der Waals surface area contributed by atoms with Crippen LogP contribution in [0, 0.1) is 0 Å². The summed E-state index contributed by atoms with van der Waals surface area (Å²) >= 11 is 0. The summed E-state index contributed by atoms with van der Waals surface area (Å²) in [5, 5.41) is 3.31. The minimum atomic E-state index is -0.0547. The molecule has 0 aromatic rings. The van der Waals surface area contributed by atoms with Gasteiger partial charge in [0, 0.05) is 0 Å². The van der Waals surface area contributed by atoms with Gasteiger partial charge < -0.3 is 10.1 Å². The second kappa shape index (κ2) is 10.4. The molecule has 0 aromatic carbocycles. The number of carbonyl (C=O) groups is 1. The molecule has 3 nitrogen and oxygen atoms in total. The van der Waals surface area contributed by atoms with Gasteiger partial charge in [-0.25, -0.2) is 0 Å². The van der Waals surface area contributed by atoms with E-state index in [1.807, 2.05) is 0 Å². The van der Waals surface area contributed by atoms with E-state index in [-0.39, 0.29) is 12.0 Å². The average Bonchev–Trinajstić information content (AvgIpc) is 2.33. The lowest BCUT2D eigenvalue weighted by atomic mass is 10.0. The van der Waals surface area contributed by atoms with Gasteiger partial charge in [-0.15, -0.1) is 0 Å². The normalized spacial score (nSPS) is 21.1. The predicted octanol–water partition coefficient (Wildman–Crippen LogP) is 3.42. The molecule has 1 N–H and O–H groups in total. The lowest BCUT2D eigenvalue weighted by molar-refractivity contribution is -0.146. The zero-order valence-corrected chi connectivity index (χ0v) is 11.9. The van der Waals surface area contributed by atoms with Crippen molar-refractivity contribution in [3.63, 3.8) is 0 Å². The molecule has 1 atom stereocenters. The minimum absolute atomic E-state index is 0.0348. The van der Waals surface area contributed by atoms with E-state index in [4.69, 9.17) is 4.74 Å². The molecule has 1 saturated heterocycles. The number of hydrogen-bond donors (Lipinski definition) is 1. The minimum Gasteiger partial charge on any atom is -0.465 e. The first kappa shape index (κ1) is 15.5. The Morgan fingerprint density at radius 3 is 2.72 bits per heavy atom. The number of unbranched alkanes of at least 4 members (excludes halogenated alkanes) is 4. The molecule has 1 aliphatic rings. The third-order valence-corrected chi connectivity index (χ3v) is 3.59. The van der Waals surface area contributed by atoms with Gasteiger partial charge in [0.05, 0.1) is 6.61 Å². The molecule has 18 heavy (non-hydrogen) atoms. The zero-order chi connectivity index (χ0) is 13.1. The third kappa shape index (κ3) is 7.00. The number of ether oxygens (including phenoxy) is 1. The van der Waals surface area contributed by atoms with Crippen molar-refractivity contribution in [2.24, 2.45) is 0 Å². The van der Waals surface area contributed by atoms with Crippen LogP contribution in [0.3, 0.4) is 0 Å². The van der Waals surface area contributed by atoms with Gasteiger partial charge in [-0.2, -0.15) is 0 Å². The summed E-state index contributed by atoms with van der Waals surface area (Å²) < 4.78 is 5.36. The van der Waals surface area contributed by atoms with E-state index in [2.05, 4.69) is 12.2 Å². The van der Waals surface area contributed by atoms with Crippen molar-refractivity contribution in [1.82, 2.24) is 5.32 Å². The SMILES string of the molecule is CCCCCCCOC(=O)C1CCCCCCN1. The van der Waals surface area contributed by atoms with Crippen molar-refractivity contribution in [1.29, 1.82) is 0 Å². The molecule has 1 aliphatic heterocycles. The molecule has 0 spiro atoms. The summed E-state index contributed by atoms with van der Waals surface area (Å²) in [5.74, 6) is -0.0348. The highest BCUT2D eigenvalue weighted by atomic mass is 16.5. The first-order valence-electron chi connectivity index (χ1n) is 7.74. The van der Waals surface area contributed by atoms with Crippen molar-refractivity contribution in [2.45, 2.75) is 77.2 Å². The number of esters is 1. The second-order valence-corrected chi connectivity index (χ2v) is 5.29. The Kier molecular flexibility index (Phi) is 8.92. The largest absolute Gasteiger partial charge is 0.465 e. The van der Waals surface area contributed by atoms with Crippen molar-refractivity contribution < 1.29 is 9.53 Å². The van der Waals surface area contributed by atoms with Gasteiger partial charge >= 0.3 is 5.97 Å². The molecular formula is C15H29NO2.